The highest BCUT2D eigenvalue weighted by molar-refractivity contribution is 5.94. The van der Waals surface area contributed by atoms with Gasteiger partial charge in [0, 0.05) is 36.1 Å². The minimum Gasteiger partial charge on any atom is -0.384 e. The second kappa shape index (κ2) is 7.35. The van der Waals surface area contributed by atoms with Crippen LogP contribution in [0.2, 0.25) is 0 Å². The van der Waals surface area contributed by atoms with Gasteiger partial charge < -0.3 is 16.0 Å². The molecule has 3 N–H and O–H groups in total. The molecule has 0 unspecified atom stereocenters. The molecule has 2 heterocycles. The van der Waals surface area contributed by atoms with Crippen LogP contribution >= 0.6 is 0 Å². The van der Waals surface area contributed by atoms with Crippen LogP contribution in [0.25, 0.3) is 11.1 Å². The molecule has 142 valence electrons. The Balaban J connectivity index is 1.78. The number of nitrogen functional groups attached to an aromatic ring is 1. The number of carbonyl (C=O) groups is 1. The molecule has 0 saturated carbocycles. The molecular weight excluding hydrogens is 348 g/mol. The van der Waals surface area contributed by atoms with Gasteiger partial charge in [0.25, 0.3) is 0 Å². The van der Waals surface area contributed by atoms with Crippen molar-refractivity contribution in [3.8, 4) is 11.1 Å². The van der Waals surface area contributed by atoms with Crippen LogP contribution < -0.4 is 16.0 Å². The van der Waals surface area contributed by atoms with Gasteiger partial charge in [0.1, 0.15) is 5.82 Å². The minimum atomic E-state index is 0.0637. The summed E-state index contributed by atoms with van der Waals surface area (Å²) in [6, 6.07) is 20.4. The average Bonchev–Trinajstić information content (AvgIpc) is 2.69. The maximum absolute atomic E-state index is 12.3. The Morgan fingerprint density at radius 1 is 1.11 bits per heavy atom. The fourth-order valence-electron chi connectivity index (χ4n) is 3.97. The zero-order chi connectivity index (χ0) is 19.7. The maximum atomic E-state index is 12.3. The molecule has 0 saturated heterocycles. The van der Waals surface area contributed by atoms with Crippen LogP contribution in [0.15, 0.2) is 66.9 Å². The van der Waals surface area contributed by atoms with Gasteiger partial charge >= 0.3 is 0 Å². The lowest BCUT2D eigenvalue weighted by Crippen LogP contribution is -2.43. The van der Waals surface area contributed by atoms with Crippen LogP contribution in [0.5, 0.6) is 0 Å². The number of nitrogens with two attached hydrogens (primary N) is 1. The molecule has 0 radical (unpaired) electrons. The number of carbonyl (C=O) groups excluding carboxylic acids is 1. The summed E-state index contributed by atoms with van der Waals surface area (Å²) in [5.74, 6) is 0.565. The largest absolute Gasteiger partial charge is 0.384 e. The molecule has 4 rings (SSSR count). The van der Waals surface area contributed by atoms with Gasteiger partial charge in [0.05, 0.1) is 6.04 Å². The van der Waals surface area contributed by atoms with Crippen LogP contribution in [0.4, 0.5) is 17.2 Å². The van der Waals surface area contributed by atoms with E-state index >= 15 is 0 Å². The third kappa shape index (κ3) is 3.43. The Hall–Kier alpha value is -3.34. The van der Waals surface area contributed by atoms with E-state index in [1.54, 1.807) is 19.2 Å². The third-order valence-corrected chi connectivity index (χ3v) is 5.25. The van der Waals surface area contributed by atoms with E-state index in [1.807, 2.05) is 41.3 Å². The average molecular weight is 372 g/mol. The number of hydrogen-bond donors (Lipinski definition) is 2. The summed E-state index contributed by atoms with van der Waals surface area (Å²) in [7, 11) is 0. The lowest BCUT2D eigenvalue weighted by molar-refractivity contribution is -0.117. The summed E-state index contributed by atoms with van der Waals surface area (Å²) >= 11 is 0. The van der Waals surface area contributed by atoms with Crippen molar-refractivity contribution in [1.82, 2.24) is 4.98 Å². The highest BCUT2D eigenvalue weighted by atomic mass is 16.2. The number of fused-ring (bicyclic) bond motifs is 1. The number of amides is 1. The Morgan fingerprint density at radius 2 is 1.86 bits per heavy atom. The molecule has 28 heavy (non-hydrogen) atoms. The van der Waals surface area contributed by atoms with Crippen LogP contribution in [0.1, 0.15) is 31.9 Å². The van der Waals surface area contributed by atoms with Crippen molar-refractivity contribution >= 4 is 23.1 Å². The number of rotatable bonds is 3. The summed E-state index contributed by atoms with van der Waals surface area (Å²) in [6.45, 7) is 3.73. The summed E-state index contributed by atoms with van der Waals surface area (Å²) in [4.78, 5) is 18.4. The van der Waals surface area contributed by atoms with E-state index in [1.165, 1.54) is 0 Å². The molecule has 2 atom stereocenters. The lowest BCUT2D eigenvalue weighted by Gasteiger charge is -2.39. The highest BCUT2D eigenvalue weighted by Crippen LogP contribution is 2.41. The number of para-hydroxylation sites is 1. The monoisotopic (exact) mass is 372 g/mol. The first-order valence-corrected chi connectivity index (χ1v) is 9.50. The number of anilines is 3. The van der Waals surface area contributed by atoms with E-state index in [0.29, 0.717) is 5.82 Å². The molecule has 0 bridgehead atoms. The SMILES string of the molecule is CC(=O)N1c2ccc(-c3ccc(N)nc3)cc2[C@H](Nc2ccccc2)C[C@@H]1C. The van der Waals surface area contributed by atoms with Crippen molar-refractivity contribution in [2.45, 2.75) is 32.4 Å². The van der Waals surface area contributed by atoms with Gasteiger partial charge in [-0.3, -0.25) is 4.79 Å². The third-order valence-electron chi connectivity index (χ3n) is 5.25. The number of hydrogen-bond acceptors (Lipinski definition) is 4. The molecule has 1 amide bonds. The van der Waals surface area contributed by atoms with E-state index in [0.717, 1.165) is 34.5 Å². The molecule has 0 aliphatic carbocycles. The van der Waals surface area contributed by atoms with Gasteiger partial charge in [-0.25, -0.2) is 4.98 Å². The van der Waals surface area contributed by atoms with E-state index < -0.39 is 0 Å². The Kier molecular flexibility index (Phi) is 4.74. The Bertz CT molecular complexity index is 985. The van der Waals surface area contributed by atoms with Crippen molar-refractivity contribution in [2.75, 3.05) is 16.0 Å². The second-order valence-electron chi connectivity index (χ2n) is 7.28. The molecule has 5 heteroatoms. The van der Waals surface area contributed by atoms with Crippen LogP contribution in [-0.4, -0.2) is 16.9 Å². The zero-order valence-corrected chi connectivity index (χ0v) is 16.1. The highest BCUT2D eigenvalue weighted by Gasteiger charge is 2.32. The topological polar surface area (TPSA) is 71.2 Å². The van der Waals surface area contributed by atoms with Gasteiger partial charge in [-0.15, -0.1) is 0 Å². The second-order valence-corrected chi connectivity index (χ2v) is 7.28. The Morgan fingerprint density at radius 3 is 2.54 bits per heavy atom. The first kappa shape index (κ1) is 18.0. The van der Waals surface area contributed by atoms with Crippen LogP contribution in [0, 0.1) is 0 Å². The molecule has 1 aliphatic rings. The molecule has 1 aromatic heterocycles. The van der Waals surface area contributed by atoms with E-state index in [2.05, 4.69) is 35.4 Å². The fraction of sp³-hybridized carbons (Fsp3) is 0.217. The van der Waals surface area contributed by atoms with Crippen molar-refractivity contribution in [1.29, 1.82) is 0 Å². The summed E-state index contributed by atoms with van der Waals surface area (Å²) < 4.78 is 0. The first-order chi connectivity index (χ1) is 13.5. The molecule has 0 fully saturated rings. The van der Waals surface area contributed by atoms with Crippen molar-refractivity contribution in [3.63, 3.8) is 0 Å². The first-order valence-electron chi connectivity index (χ1n) is 9.50. The molecule has 0 spiro atoms. The zero-order valence-electron chi connectivity index (χ0n) is 16.1. The Labute approximate surface area is 165 Å². The predicted octanol–water partition coefficient (Wildman–Crippen LogP) is 4.63. The standard InChI is InChI=1S/C23H24N4O/c1-15-12-21(26-19-6-4-3-5-7-19)20-13-17(18-9-11-23(24)25-14-18)8-10-22(20)27(15)16(2)28/h3-11,13-15,21,26H,12H2,1-2H3,(H2,24,25)/t15-,21+/m0/s1. The van der Waals surface area contributed by atoms with E-state index in [4.69, 9.17) is 5.73 Å². The minimum absolute atomic E-state index is 0.0637. The van der Waals surface area contributed by atoms with E-state index in [-0.39, 0.29) is 18.0 Å². The number of pyridine rings is 1. The summed E-state index contributed by atoms with van der Waals surface area (Å²) in [5.41, 5.74) is 10.9. The van der Waals surface area contributed by atoms with Crippen molar-refractivity contribution < 1.29 is 4.79 Å². The fourth-order valence-corrected chi connectivity index (χ4v) is 3.97. The lowest BCUT2D eigenvalue weighted by atomic mass is 9.89. The van der Waals surface area contributed by atoms with Gasteiger partial charge in [-0.05, 0) is 60.9 Å². The molecule has 2 aromatic carbocycles. The van der Waals surface area contributed by atoms with Gasteiger partial charge in [-0.2, -0.15) is 0 Å². The number of nitrogens with zero attached hydrogens (tertiary/aromatic N) is 2. The molecule has 1 aliphatic heterocycles. The molecular formula is C23H24N4O. The van der Waals surface area contributed by atoms with Gasteiger partial charge in [0.2, 0.25) is 5.91 Å². The quantitative estimate of drug-likeness (QED) is 0.703. The molecule has 5 nitrogen and oxygen atoms in total. The van der Waals surface area contributed by atoms with Crippen LogP contribution in [0.3, 0.4) is 0 Å². The van der Waals surface area contributed by atoms with Crippen LogP contribution in [-0.2, 0) is 4.79 Å². The van der Waals surface area contributed by atoms with Crippen molar-refractivity contribution in [2.24, 2.45) is 0 Å². The number of aromatic nitrogens is 1. The smallest absolute Gasteiger partial charge is 0.224 e. The maximum Gasteiger partial charge on any atom is 0.224 e. The van der Waals surface area contributed by atoms with Crippen molar-refractivity contribution in [3.05, 3.63) is 72.4 Å². The summed E-state index contributed by atoms with van der Waals surface area (Å²) in [6.07, 6.45) is 2.62. The normalized spacial score (nSPS) is 18.4. The molecule has 3 aromatic rings. The van der Waals surface area contributed by atoms with Gasteiger partial charge in [-0.1, -0.05) is 24.3 Å². The number of nitrogens with one attached hydrogen (secondary N) is 1. The number of benzene rings is 2. The van der Waals surface area contributed by atoms with Gasteiger partial charge in [0.15, 0.2) is 0 Å². The summed E-state index contributed by atoms with van der Waals surface area (Å²) in [5, 5.41) is 3.64. The predicted molar refractivity (Wildman–Crippen MR) is 114 cm³/mol. The van der Waals surface area contributed by atoms with E-state index in [9.17, 15) is 4.79 Å².